The fourth-order valence-corrected chi connectivity index (χ4v) is 6.64. The average molecular weight is 402 g/mol. The van der Waals surface area contributed by atoms with Crippen molar-refractivity contribution in [1.29, 1.82) is 0 Å². The molecule has 2 aliphatic heterocycles. The van der Waals surface area contributed by atoms with Crippen molar-refractivity contribution in [3.8, 4) is 0 Å². The summed E-state index contributed by atoms with van der Waals surface area (Å²) >= 11 is 6.24. The zero-order chi connectivity index (χ0) is 18.4. The van der Waals surface area contributed by atoms with E-state index in [1.807, 2.05) is 6.07 Å². The number of hydrogen-bond donors (Lipinski definition) is 0. The Morgan fingerprint density at radius 1 is 1.19 bits per heavy atom. The van der Waals surface area contributed by atoms with Crippen LogP contribution in [0.1, 0.15) is 38.3 Å². The Hall–Kier alpha value is -0.960. The van der Waals surface area contributed by atoms with Gasteiger partial charge in [0.2, 0.25) is 5.28 Å². The number of sulfone groups is 1. The zero-order valence-corrected chi connectivity index (χ0v) is 16.4. The second-order valence-electron chi connectivity index (χ2n) is 7.35. The molecule has 144 valence electrons. The van der Waals surface area contributed by atoms with Crippen LogP contribution in [0.25, 0.3) is 0 Å². The summed E-state index contributed by atoms with van der Waals surface area (Å²) in [6.07, 6.45) is 2.29. The van der Waals surface area contributed by atoms with Crippen molar-refractivity contribution in [1.82, 2.24) is 9.97 Å². The zero-order valence-electron chi connectivity index (χ0n) is 14.9. The Bertz CT molecular complexity index is 778. The van der Waals surface area contributed by atoms with Crippen molar-refractivity contribution in [2.24, 2.45) is 0 Å². The fraction of sp³-hybridized carbons (Fsp3) is 0.765. The summed E-state index contributed by atoms with van der Waals surface area (Å²) in [5.41, 5.74) is 0.515. The Labute approximate surface area is 159 Å². The van der Waals surface area contributed by atoms with E-state index in [4.69, 9.17) is 21.1 Å². The van der Waals surface area contributed by atoms with Crippen LogP contribution >= 0.6 is 11.6 Å². The molecule has 0 N–H and O–H groups in total. The van der Waals surface area contributed by atoms with Gasteiger partial charge in [-0.1, -0.05) is 0 Å². The Morgan fingerprint density at radius 3 is 2.58 bits per heavy atom. The second kappa shape index (κ2) is 6.89. The summed E-state index contributed by atoms with van der Waals surface area (Å²) in [4.78, 5) is 10.9. The van der Waals surface area contributed by atoms with Gasteiger partial charge in [-0.05, 0) is 44.2 Å². The molecule has 1 saturated carbocycles. The van der Waals surface area contributed by atoms with Crippen molar-refractivity contribution in [2.75, 3.05) is 37.9 Å². The maximum Gasteiger partial charge on any atom is 0.224 e. The minimum atomic E-state index is -3.35. The van der Waals surface area contributed by atoms with Crippen molar-refractivity contribution < 1.29 is 17.9 Å². The van der Waals surface area contributed by atoms with E-state index >= 15 is 0 Å². The lowest BCUT2D eigenvalue weighted by atomic mass is 9.94. The molecular formula is C17H24ClN3O4S. The highest BCUT2D eigenvalue weighted by molar-refractivity contribution is 7.93. The van der Waals surface area contributed by atoms with Crippen LogP contribution in [0.5, 0.6) is 0 Å². The van der Waals surface area contributed by atoms with E-state index in [9.17, 15) is 8.42 Å². The number of rotatable bonds is 4. The van der Waals surface area contributed by atoms with Crippen LogP contribution in [0.4, 0.5) is 5.82 Å². The normalized spacial score (nSPS) is 26.7. The van der Waals surface area contributed by atoms with Crippen molar-refractivity contribution in [3.63, 3.8) is 0 Å². The maximum absolute atomic E-state index is 13.3. The maximum atomic E-state index is 13.3. The van der Waals surface area contributed by atoms with Crippen LogP contribution in [0, 0.1) is 0 Å². The number of hydrogen-bond acceptors (Lipinski definition) is 7. The van der Waals surface area contributed by atoms with Gasteiger partial charge in [-0.15, -0.1) is 0 Å². The Kier molecular flexibility index (Phi) is 4.88. The Balaban J connectivity index is 1.79. The highest BCUT2D eigenvalue weighted by atomic mass is 35.5. The third-order valence-corrected chi connectivity index (χ3v) is 8.85. The predicted octanol–water partition coefficient (Wildman–Crippen LogP) is 1.94. The molecule has 1 aromatic heterocycles. The van der Waals surface area contributed by atoms with Gasteiger partial charge in [0.05, 0.1) is 30.2 Å². The molecule has 0 radical (unpaired) electrons. The van der Waals surface area contributed by atoms with Gasteiger partial charge in [0, 0.05) is 25.8 Å². The number of anilines is 1. The highest BCUT2D eigenvalue weighted by Gasteiger charge is 2.54. The molecule has 0 unspecified atom stereocenters. The smallest absolute Gasteiger partial charge is 0.224 e. The van der Waals surface area contributed by atoms with E-state index in [0.29, 0.717) is 57.3 Å². The summed E-state index contributed by atoms with van der Waals surface area (Å²) in [5.74, 6) is 0.674. The molecule has 1 aliphatic carbocycles. The SMILES string of the molecule is C[C@@H]1COCCN1c1cc(C2(S(=O)(=O)C3CC3)CCOCC2)nc(Cl)n1. The lowest BCUT2D eigenvalue weighted by molar-refractivity contribution is 0.0728. The molecule has 3 heterocycles. The van der Waals surface area contributed by atoms with E-state index in [-0.39, 0.29) is 16.6 Å². The van der Waals surface area contributed by atoms with E-state index in [1.165, 1.54) is 0 Å². The molecule has 26 heavy (non-hydrogen) atoms. The predicted molar refractivity (Wildman–Crippen MR) is 98.3 cm³/mol. The number of halogens is 1. The highest BCUT2D eigenvalue weighted by Crippen LogP contribution is 2.47. The lowest BCUT2D eigenvalue weighted by Gasteiger charge is -2.38. The second-order valence-corrected chi connectivity index (χ2v) is 10.2. The Morgan fingerprint density at radius 2 is 1.92 bits per heavy atom. The van der Waals surface area contributed by atoms with Gasteiger partial charge in [-0.3, -0.25) is 0 Å². The molecule has 3 fully saturated rings. The van der Waals surface area contributed by atoms with Gasteiger partial charge in [-0.25, -0.2) is 18.4 Å². The first-order chi connectivity index (χ1) is 12.4. The lowest BCUT2D eigenvalue weighted by Crippen LogP contribution is -2.46. The first kappa shape index (κ1) is 18.4. The van der Waals surface area contributed by atoms with Crippen LogP contribution in [-0.2, 0) is 24.1 Å². The summed E-state index contributed by atoms with van der Waals surface area (Å²) in [5, 5.41) is -0.173. The molecule has 0 aromatic carbocycles. The summed E-state index contributed by atoms with van der Waals surface area (Å²) in [6, 6.07) is 1.96. The number of nitrogens with zero attached hydrogens (tertiary/aromatic N) is 3. The van der Waals surface area contributed by atoms with Crippen LogP contribution in [0.15, 0.2) is 6.07 Å². The van der Waals surface area contributed by atoms with Gasteiger partial charge in [-0.2, -0.15) is 0 Å². The molecule has 1 atom stereocenters. The van der Waals surface area contributed by atoms with E-state index in [1.54, 1.807) is 0 Å². The van der Waals surface area contributed by atoms with Gasteiger partial charge >= 0.3 is 0 Å². The summed E-state index contributed by atoms with van der Waals surface area (Å²) in [6.45, 7) is 4.80. The third kappa shape index (κ3) is 3.10. The van der Waals surface area contributed by atoms with Gasteiger partial charge in [0.15, 0.2) is 9.84 Å². The molecule has 9 heteroatoms. The van der Waals surface area contributed by atoms with Gasteiger partial charge in [0.1, 0.15) is 10.6 Å². The molecule has 3 aliphatic rings. The van der Waals surface area contributed by atoms with Crippen LogP contribution in [-0.4, -0.2) is 62.6 Å². The van der Waals surface area contributed by atoms with E-state index in [0.717, 1.165) is 12.8 Å². The van der Waals surface area contributed by atoms with Crippen molar-refractivity contribution in [3.05, 3.63) is 17.0 Å². The van der Waals surface area contributed by atoms with Crippen molar-refractivity contribution in [2.45, 2.75) is 48.6 Å². The number of aromatic nitrogens is 2. The quantitative estimate of drug-likeness (QED) is 0.713. The molecule has 0 spiro atoms. The van der Waals surface area contributed by atoms with Crippen LogP contribution in [0.3, 0.4) is 0 Å². The monoisotopic (exact) mass is 401 g/mol. The molecule has 4 rings (SSSR count). The summed E-state index contributed by atoms with van der Waals surface area (Å²) < 4.78 is 36.6. The van der Waals surface area contributed by atoms with E-state index in [2.05, 4.69) is 21.8 Å². The first-order valence-electron chi connectivity index (χ1n) is 9.15. The van der Waals surface area contributed by atoms with Crippen LogP contribution < -0.4 is 4.90 Å². The first-order valence-corrected chi connectivity index (χ1v) is 11.1. The fourth-order valence-electron chi connectivity index (χ4n) is 3.94. The largest absolute Gasteiger partial charge is 0.381 e. The minimum absolute atomic E-state index is 0.0908. The van der Waals surface area contributed by atoms with Crippen LogP contribution in [0.2, 0.25) is 5.28 Å². The van der Waals surface area contributed by atoms with Gasteiger partial charge in [0.25, 0.3) is 0 Å². The average Bonchev–Trinajstić information content (AvgIpc) is 3.48. The third-order valence-electron chi connectivity index (χ3n) is 5.62. The molecule has 1 aromatic rings. The molecule has 0 bridgehead atoms. The molecule has 0 amide bonds. The minimum Gasteiger partial charge on any atom is -0.381 e. The standard InChI is InChI=1S/C17H24ClN3O4S/c1-12-11-25-9-6-21(12)15-10-14(19-16(18)20-15)17(4-7-24-8-5-17)26(22,23)13-2-3-13/h10,12-13H,2-9,11H2,1H3/t12-/m1/s1. The van der Waals surface area contributed by atoms with E-state index < -0.39 is 14.6 Å². The molecule has 2 saturated heterocycles. The topological polar surface area (TPSA) is 81.6 Å². The molecule has 7 nitrogen and oxygen atoms in total. The number of ether oxygens (including phenoxy) is 2. The van der Waals surface area contributed by atoms with Gasteiger partial charge < -0.3 is 14.4 Å². The summed E-state index contributed by atoms with van der Waals surface area (Å²) in [7, 11) is -3.35. The number of morpholine rings is 1. The van der Waals surface area contributed by atoms with Crippen molar-refractivity contribution >= 4 is 27.3 Å². The molecular weight excluding hydrogens is 378 g/mol.